The fourth-order valence-electron chi connectivity index (χ4n) is 1.48. The number of Topliss-reactive ketones (excluding diaryl/α,β-unsaturated/α-hetero) is 1. The zero-order chi connectivity index (χ0) is 11.5. The van der Waals surface area contributed by atoms with E-state index < -0.39 is 0 Å². The smallest absolute Gasteiger partial charge is 0.180 e. The zero-order valence-corrected chi connectivity index (χ0v) is 9.63. The van der Waals surface area contributed by atoms with Gasteiger partial charge in [-0.15, -0.1) is 0 Å². The molecule has 0 bridgehead atoms. The Balaban J connectivity index is 1.93. The fraction of sp³-hybridized carbons (Fsp3) is 0.455. The maximum Gasteiger partial charge on any atom is 0.180 e. The fourth-order valence-corrected chi connectivity index (χ4v) is 1.64. The van der Waals surface area contributed by atoms with Crippen molar-refractivity contribution >= 4 is 23.2 Å². The summed E-state index contributed by atoms with van der Waals surface area (Å²) in [5.74, 6) is 0.929. The summed E-state index contributed by atoms with van der Waals surface area (Å²) in [6, 6.07) is 1.56. The summed E-state index contributed by atoms with van der Waals surface area (Å²) in [6.45, 7) is 1.20. The van der Waals surface area contributed by atoms with Crippen molar-refractivity contribution in [3.05, 3.63) is 22.8 Å². The highest BCUT2D eigenvalue weighted by Gasteiger charge is 2.21. The van der Waals surface area contributed by atoms with E-state index in [-0.39, 0.29) is 11.6 Å². The molecule has 1 heterocycles. The number of rotatable bonds is 5. The monoisotopic (exact) mass is 239 g/mol. The minimum Gasteiger partial charge on any atom is -0.383 e. The molecule has 0 atom stereocenters. The van der Waals surface area contributed by atoms with Crippen molar-refractivity contribution in [2.75, 3.05) is 18.8 Å². The van der Waals surface area contributed by atoms with Crippen LogP contribution in [0.2, 0.25) is 5.02 Å². The molecule has 86 valence electrons. The van der Waals surface area contributed by atoms with Crippen LogP contribution in [0.5, 0.6) is 0 Å². The predicted octanol–water partition coefficient (Wildman–Crippen LogP) is 1.50. The number of nitrogen functional groups attached to an aromatic ring is 1. The van der Waals surface area contributed by atoms with Crippen LogP contribution >= 0.6 is 11.6 Å². The van der Waals surface area contributed by atoms with Gasteiger partial charge < -0.3 is 11.1 Å². The van der Waals surface area contributed by atoms with Gasteiger partial charge in [0.25, 0.3) is 0 Å². The van der Waals surface area contributed by atoms with Crippen molar-refractivity contribution in [2.24, 2.45) is 5.92 Å². The Morgan fingerprint density at radius 3 is 3.06 bits per heavy atom. The molecule has 1 aromatic heterocycles. The van der Waals surface area contributed by atoms with Gasteiger partial charge in [0.05, 0.1) is 17.1 Å². The van der Waals surface area contributed by atoms with Crippen LogP contribution in [-0.2, 0) is 0 Å². The van der Waals surface area contributed by atoms with E-state index in [1.165, 1.54) is 19.0 Å². The number of anilines is 1. The van der Waals surface area contributed by atoms with E-state index >= 15 is 0 Å². The lowest BCUT2D eigenvalue weighted by atomic mass is 10.1. The van der Waals surface area contributed by atoms with Gasteiger partial charge in [-0.3, -0.25) is 4.79 Å². The van der Waals surface area contributed by atoms with Gasteiger partial charge in [-0.05, 0) is 31.4 Å². The van der Waals surface area contributed by atoms with Crippen molar-refractivity contribution in [2.45, 2.75) is 12.8 Å². The highest BCUT2D eigenvalue weighted by molar-refractivity contribution is 6.31. The molecule has 1 aliphatic rings. The van der Waals surface area contributed by atoms with Crippen molar-refractivity contribution in [3.63, 3.8) is 0 Å². The molecule has 0 amide bonds. The van der Waals surface area contributed by atoms with Crippen LogP contribution in [0, 0.1) is 5.92 Å². The van der Waals surface area contributed by atoms with E-state index in [1.807, 2.05) is 0 Å². The quantitative estimate of drug-likeness (QED) is 0.765. The first-order chi connectivity index (χ1) is 7.66. The second-order valence-corrected chi connectivity index (χ2v) is 4.52. The molecule has 1 fully saturated rings. The number of carbonyl (C=O) groups is 1. The Bertz CT molecular complexity index is 404. The number of carbonyl (C=O) groups excluding carboxylic acids is 1. The standard InChI is InChI=1S/C11H14ClN3O/c12-8-3-9(11(13)15-5-8)10(16)6-14-4-7-1-2-7/h3,5,7,14H,1-2,4,6H2,(H2,13,15). The molecule has 3 N–H and O–H groups in total. The summed E-state index contributed by atoms with van der Waals surface area (Å²) in [5, 5.41) is 3.55. The first-order valence-electron chi connectivity index (χ1n) is 5.32. The molecule has 1 aromatic rings. The maximum absolute atomic E-state index is 11.8. The van der Waals surface area contributed by atoms with E-state index in [9.17, 15) is 4.79 Å². The Labute approximate surface area is 99.2 Å². The molecule has 16 heavy (non-hydrogen) atoms. The maximum atomic E-state index is 11.8. The Kier molecular flexibility index (Phi) is 3.41. The first-order valence-corrected chi connectivity index (χ1v) is 5.69. The molecule has 0 spiro atoms. The first kappa shape index (κ1) is 11.4. The highest BCUT2D eigenvalue weighted by atomic mass is 35.5. The molecular formula is C11H14ClN3O. The topological polar surface area (TPSA) is 68.0 Å². The largest absolute Gasteiger partial charge is 0.383 e. The summed E-state index contributed by atoms with van der Waals surface area (Å²) in [5.41, 5.74) is 6.01. The minimum atomic E-state index is -0.0619. The number of halogens is 1. The molecule has 0 radical (unpaired) electrons. The number of pyridine rings is 1. The highest BCUT2D eigenvalue weighted by Crippen LogP contribution is 2.27. The molecule has 5 heteroatoms. The Morgan fingerprint density at radius 2 is 2.38 bits per heavy atom. The molecular weight excluding hydrogens is 226 g/mol. The summed E-state index contributed by atoms with van der Waals surface area (Å²) in [4.78, 5) is 15.6. The van der Waals surface area contributed by atoms with Gasteiger partial charge in [-0.25, -0.2) is 4.98 Å². The molecule has 0 unspecified atom stereocenters. The van der Waals surface area contributed by atoms with Gasteiger partial charge in [-0.2, -0.15) is 0 Å². The van der Waals surface area contributed by atoms with Crippen molar-refractivity contribution in [3.8, 4) is 0 Å². The molecule has 2 rings (SSSR count). The lowest BCUT2D eigenvalue weighted by molar-refractivity contribution is 0.0991. The Morgan fingerprint density at radius 1 is 1.62 bits per heavy atom. The number of nitrogens with one attached hydrogen (secondary N) is 1. The van der Waals surface area contributed by atoms with Crippen LogP contribution in [0.25, 0.3) is 0 Å². The summed E-state index contributed by atoms with van der Waals surface area (Å²) in [6.07, 6.45) is 3.97. The third kappa shape index (κ3) is 2.93. The van der Waals surface area contributed by atoms with Crippen LogP contribution in [0.1, 0.15) is 23.2 Å². The van der Waals surface area contributed by atoms with Crippen LogP contribution in [0.15, 0.2) is 12.3 Å². The van der Waals surface area contributed by atoms with Crippen LogP contribution in [0.4, 0.5) is 5.82 Å². The molecule has 4 nitrogen and oxygen atoms in total. The SMILES string of the molecule is Nc1ncc(Cl)cc1C(=O)CNCC1CC1. The number of ketones is 1. The molecule has 1 aliphatic carbocycles. The lowest BCUT2D eigenvalue weighted by Crippen LogP contribution is -2.25. The lowest BCUT2D eigenvalue weighted by Gasteiger charge is -2.05. The number of hydrogen-bond acceptors (Lipinski definition) is 4. The van der Waals surface area contributed by atoms with Crippen LogP contribution in [0.3, 0.4) is 0 Å². The normalized spacial score (nSPS) is 15.1. The number of hydrogen-bond donors (Lipinski definition) is 2. The third-order valence-electron chi connectivity index (χ3n) is 2.60. The molecule has 0 saturated heterocycles. The zero-order valence-electron chi connectivity index (χ0n) is 8.87. The number of aromatic nitrogens is 1. The molecule has 0 aromatic carbocycles. The second kappa shape index (κ2) is 4.80. The number of nitrogens with zero attached hydrogens (tertiary/aromatic N) is 1. The molecule has 0 aliphatic heterocycles. The molecule has 1 saturated carbocycles. The van der Waals surface area contributed by atoms with Crippen LogP contribution in [-0.4, -0.2) is 23.9 Å². The van der Waals surface area contributed by atoms with Crippen molar-refractivity contribution in [1.82, 2.24) is 10.3 Å². The summed E-state index contributed by atoms with van der Waals surface area (Å²) in [7, 11) is 0. The van der Waals surface area contributed by atoms with Crippen molar-refractivity contribution < 1.29 is 4.79 Å². The van der Waals surface area contributed by atoms with Gasteiger partial charge >= 0.3 is 0 Å². The van der Waals surface area contributed by atoms with Gasteiger partial charge in [0, 0.05) is 6.20 Å². The third-order valence-corrected chi connectivity index (χ3v) is 2.81. The van der Waals surface area contributed by atoms with Gasteiger partial charge in [0.2, 0.25) is 0 Å². The summed E-state index contributed by atoms with van der Waals surface area (Å²) >= 11 is 5.76. The number of nitrogens with two attached hydrogens (primary N) is 1. The Hall–Kier alpha value is -1.13. The van der Waals surface area contributed by atoms with E-state index in [2.05, 4.69) is 10.3 Å². The van der Waals surface area contributed by atoms with Gasteiger partial charge in [0.15, 0.2) is 5.78 Å². The van der Waals surface area contributed by atoms with Gasteiger partial charge in [0.1, 0.15) is 5.82 Å². The van der Waals surface area contributed by atoms with E-state index in [0.717, 1.165) is 12.5 Å². The van der Waals surface area contributed by atoms with E-state index in [4.69, 9.17) is 17.3 Å². The van der Waals surface area contributed by atoms with Crippen LogP contribution < -0.4 is 11.1 Å². The second-order valence-electron chi connectivity index (χ2n) is 4.08. The van der Waals surface area contributed by atoms with Crippen molar-refractivity contribution in [1.29, 1.82) is 0 Å². The van der Waals surface area contributed by atoms with Gasteiger partial charge in [-0.1, -0.05) is 11.6 Å². The average Bonchev–Trinajstić information content (AvgIpc) is 3.05. The average molecular weight is 240 g/mol. The summed E-state index contributed by atoms with van der Waals surface area (Å²) < 4.78 is 0. The van der Waals surface area contributed by atoms with E-state index in [0.29, 0.717) is 17.1 Å². The minimum absolute atomic E-state index is 0.0619. The predicted molar refractivity (Wildman–Crippen MR) is 63.6 cm³/mol. The van der Waals surface area contributed by atoms with E-state index in [1.54, 1.807) is 6.07 Å².